The van der Waals surface area contributed by atoms with Crippen molar-refractivity contribution in [3.8, 4) is 11.5 Å². The minimum Gasteiger partial charge on any atom is -0.508 e. The van der Waals surface area contributed by atoms with Crippen LogP contribution in [0.15, 0.2) is 30.6 Å². The van der Waals surface area contributed by atoms with E-state index in [0.29, 0.717) is 37.1 Å². The van der Waals surface area contributed by atoms with Crippen molar-refractivity contribution >= 4 is 11.7 Å². The summed E-state index contributed by atoms with van der Waals surface area (Å²) < 4.78 is 5.61. The highest BCUT2D eigenvalue weighted by Crippen LogP contribution is 2.27. The number of aromatic hydroxyl groups is 1. The van der Waals surface area contributed by atoms with Crippen molar-refractivity contribution in [3.63, 3.8) is 0 Å². The molecule has 1 atom stereocenters. The number of urea groups is 1. The number of carbonyl (C=O) groups excluding carboxylic acids is 1. The van der Waals surface area contributed by atoms with Gasteiger partial charge in [-0.2, -0.15) is 0 Å². The predicted molar refractivity (Wildman–Crippen MR) is 93.8 cm³/mol. The molecule has 3 rings (SSSR count). The zero-order chi connectivity index (χ0) is 17.8. The molecule has 0 bridgehead atoms. The van der Waals surface area contributed by atoms with Gasteiger partial charge >= 0.3 is 6.03 Å². The summed E-state index contributed by atoms with van der Waals surface area (Å²) in [6, 6.07) is 4.69. The zero-order valence-electron chi connectivity index (χ0n) is 14.4. The van der Waals surface area contributed by atoms with Gasteiger partial charge in [-0.15, -0.1) is 0 Å². The summed E-state index contributed by atoms with van der Waals surface area (Å²) in [5.74, 6) is 1.82. The molecule has 7 heteroatoms. The molecule has 7 nitrogen and oxygen atoms in total. The molecule has 2 heterocycles. The fraction of sp³-hybridized carbons (Fsp3) is 0.389. The molecule has 2 amide bonds. The van der Waals surface area contributed by atoms with Gasteiger partial charge in [0.2, 0.25) is 0 Å². The van der Waals surface area contributed by atoms with E-state index >= 15 is 0 Å². The predicted octanol–water partition coefficient (Wildman–Crippen LogP) is 3.12. The van der Waals surface area contributed by atoms with Gasteiger partial charge in [0.25, 0.3) is 0 Å². The molecule has 1 aliphatic heterocycles. The van der Waals surface area contributed by atoms with Crippen molar-refractivity contribution in [1.29, 1.82) is 0 Å². The smallest absolute Gasteiger partial charge is 0.322 e. The third kappa shape index (κ3) is 3.99. The molecule has 0 radical (unpaired) electrons. The first-order chi connectivity index (χ1) is 12.1. The molecule has 0 saturated heterocycles. The quantitative estimate of drug-likeness (QED) is 0.895. The van der Waals surface area contributed by atoms with Crippen LogP contribution >= 0.6 is 0 Å². The molecule has 2 aromatic rings. The summed E-state index contributed by atoms with van der Waals surface area (Å²) in [5.41, 5.74) is 1.42. The molecule has 0 saturated carbocycles. The van der Waals surface area contributed by atoms with Crippen LogP contribution in [0.2, 0.25) is 0 Å². The highest BCUT2D eigenvalue weighted by Gasteiger charge is 2.20. The van der Waals surface area contributed by atoms with Gasteiger partial charge in [0.15, 0.2) is 0 Å². The number of nitrogens with zero attached hydrogens (tertiary/aromatic N) is 3. The lowest BCUT2D eigenvalue weighted by Crippen LogP contribution is -2.36. The van der Waals surface area contributed by atoms with E-state index in [-0.39, 0.29) is 11.8 Å². The van der Waals surface area contributed by atoms with Crippen LogP contribution in [0.25, 0.3) is 0 Å². The Morgan fingerprint density at radius 1 is 1.40 bits per heavy atom. The fourth-order valence-electron chi connectivity index (χ4n) is 2.57. The van der Waals surface area contributed by atoms with E-state index in [1.807, 2.05) is 0 Å². The Balaban J connectivity index is 1.67. The van der Waals surface area contributed by atoms with Gasteiger partial charge in [-0.3, -0.25) is 0 Å². The maximum Gasteiger partial charge on any atom is 0.322 e. The van der Waals surface area contributed by atoms with Crippen LogP contribution in [0.1, 0.15) is 37.6 Å². The summed E-state index contributed by atoms with van der Waals surface area (Å²) in [6.07, 6.45) is 4.23. The number of carbonyl (C=O) groups is 1. The monoisotopic (exact) mass is 342 g/mol. The van der Waals surface area contributed by atoms with Crippen LogP contribution in [0.4, 0.5) is 10.5 Å². The summed E-state index contributed by atoms with van der Waals surface area (Å²) in [7, 11) is 0. The van der Waals surface area contributed by atoms with Gasteiger partial charge < -0.3 is 20.1 Å². The SMILES string of the molecule is CCC(C)c1ncc(NC(=O)N2CCOc3cc(O)ccc3C2)cn1. The standard InChI is InChI=1S/C18H22N4O3/c1-3-12(2)17-19-9-14(10-20-17)21-18(24)22-6-7-25-16-8-15(23)5-4-13(16)11-22/h4-5,8-10,12,23H,3,6-7,11H2,1-2H3,(H,21,24). The molecular weight excluding hydrogens is 320 g/mol. The first-order valence-electron chi connectivity index (χ1n) is 8.39. The number of hydrogen-bond donors (Lipinski definition) is 2. The molecule has 1 unspecified atom stereocenters. The van der Waals surface area contributed by atoms with Crippen LogP contribution in [0.5, 0.6) is 11.5 Å². The number of rotatable bonds is 3. The molecule has 0 spiro atoms. The van der Waals surface area contributed by atoms with Gasteiger partial charge in [0.1, 0.15) is 23.9 Å². The van der Waals surface area contributed by atoms with Gasteiger partial charge in [0.05, 0.1) is 31.2 Å². The van der Waals surface area contributed by atoms with Crippen LogP contribution < -0.4 is 10.1 Å². The molecule has 132 valence electrons. The van der Waals surface area contributed by atoms with Gasteiger partial charge in [-0.05, 0) is 18.6 Å². The van der Waals surface area contributed by atoms with Crippen LogP contribution in [0.3, 0.4) is 0 Å². The maximum atomic E-state index is 12.5. The number of nitrogens with one attached hydrogen (secondary N) is 1. The number of phenols is 1. The Hall–Kier alpha value is -2.83. The number of ether oxygens (including phenoxy) is 1. The number of hydrogen-bond acceptors (Lipinski definition) is 5. The number of amides is 2. The lowest BCUT2D eigenvalue weighted by molar-refractivity contribution is 0.200. The van der Waals surface area contributed by atoms with Crippen molar-refractivity contribution in [3.05, 3.63) is 42.0 Å². The first-order valence-corrected chi connectivity index (χ1v) is 8.39. The second-order valence-electron chi connectivity index (χ2n) is 6.13. The minimum absolute atomic E-state index is 0.148. The van der Waals surface area contributed by atoms with Gasteiger partial charge in [0, 0.05) is 17.5 Å². The summed E-state index contributed by atoms with van der Waals surface area (Å²) in [6.45, 7) is 5.39. The molecule has 2 N–H and O–H groups in total. The van der Waals surface area contributed by atoms with E-state index in [9.17, 15) is 9.90 Å². The third-order valence-corrected chi connectivity index (χ3v) is 4.29. The Labute approximate surface area is 146 Å². The summed E-state index contributed by atoms with van der Waals surface area (Å²) >= 11 is 0. The summed E-state index contributed by atoms with van der Waals surface area (Å²) in [5, 5.41) is 12.4. The summed E-state index contributed by atoms with van der Waals surface area (Å²) in [4.78, 5) is 22.8. The Kier molecular flexibility index (Phi) is 5.02. The van der Waals surface area contributed by atoms with E-state index in [4.69, 9.17) is 4.74 Å². The van der Waals surface area contributed by atoms with E-state index in [0.717, 1.165) is 17.8 Å². The van der Waals surface area contributed by atoms with Crippen LogP contribution in [-0.2, 0) is 6.54 Å². The van der Waals surface area contributed by atoms with E-state index in [1.165, 1.54) is 0 Å². The van der Waals surface area contributed by atoms with Crippen molar-refractivity contribution in [2.45, 2.75) is 32.7 Å². The Morgan fingerprint density at radius 2 is 2.16 bits per heavy atom. The lowest BCUT2D eigenvalue weighted by Gasteiger charge is -2.20. The van der Waals surface area contributed by atoms with Crippen molar-refractivity contribution in [1.82, 2.24) is 14.9 Å². The average molecular weight is 342 g/mol. The highest BCUT2D eigenvalue weighted by molar-refractivity contribution is 5.89. The molecular formula is C18H22N4O3. The molecule has 25 heavy (non-hydrogen) atoms. The number of fused-ring (bicyclic) bond motifs is 1. The molecule has 1 aromatic carbocycles. The first kappa shape index (κ1) is 17.0. The Bertz CT molecular complexity index is 748. The highest BCUT2D eigenvalue weighted by atomic mass is 16.5. The van der Waals surface area contributed by atoms with E-state index in [1.54, 1.807) is 35.5 Å². The number of aromatic nitrogens is 2. The second-order valence-corrected chi connectivity index (χ2v) is 6.13. The average Bonchev–Trinajstić information content (AvgIpc) is 2.83. The topological polar surface area (TPSA) is 87.6 Å². The lowest BCUT2D eigenvalue weighted by atomic mass is 10.1. The molecule has 0 aliphatic carbocycles. The number of phenolic OH excluding ortho intramolecular Hbond substituents is 1. The number of benzene rings is 1. The molecule has 1 aliphatic rings. The normalized spacial score (nSPS) is 14.9. The minimum atomic E-state index is -0.232. The fourth-order valence-corrected chi connectivity index (χ4v) is 2.57. The Morgan fingerprint density at radius 3 is 2.88 bits per heavy atom. The molecule has 0 fully saturated rings. The maximum absolute atomic E-state index is 12.5. The van der Waals surface area contributed by atoms with E-state index in [2.05, 4.69) is 29.1 Å². The van der Waals surface area contributed by atoms with Crippen molar-refractivity contribution in [2.75, 3.05) is 18.5 Å². The van der Waals surface area contributed by atoms with Crippen molar-refractivity contribution < 1.29 is 14.6 Å². The van der Waals surface area contributed by atoms with Gasteiger partial charge in [-0.1, -0.05) is 13.8 Å². The van der Waals surface area contributed by atoms with E-state index < -0.39 is 0 Å². The molecule has 1 aromatic heterocycles. The zero-order valence-corrected chi connectivity index (χ0v) is 14.4. The third-order valence-electron chi connectivity index (χ3n) is 4.29. The largest absolute Gasteiger partial charge is 0.508 e. The van der Waals surface area contributed by atoms with Crippen LogP contribution in [-0.4, -0.2) is 39.2 Å². The van der Waals surface area contributed by atoms with Crippen LogP contribution in [0, 0.1) is 0 Å². The van der Waals surface area contributed by atoms with Gasteiger partial charge in [-0.25, -0.2) is 14.8 Å². The second kappa shape index (κ2) is 7.38. The van der Waals surface area contributed by atoms with Crippen molar-refractivity contribution in [2.24, 2.45) is 0 Å². The number of anilines is 1.